The summed E-state index contributed by atoms with van der Waals surface area (Å²) in [4.78, 5) is 26.7. The number of hydrogen-bond donors (Lipinski definition) is 0. The van der Waals surface area contributed by atoms with Crippen LogP contribution in [-0.2, 0) is 20.5 Å². The second-order valence-corrected chi connectivity index (χ2v) is 6.71. The van der Waals surface area contributed by atoms with E-state index in [-0.39, 0.29) is 24.6 Å². The van der Waals surface area contributed by atoms with Gasteiger partial charge in [-0.05, 0) is 30.3 Å². The third kappa shape index (κ3) is 3.24. The topological polar surface area (TPSA) is 55.8 Å². The van der Waals surface area contributed by atoms with Gasteiger partial charge in [0.25, 0.3) is 0 Å². The maximum Gasteiger partial charge on any atom is 0.416 e. The largest absolute Gasteiger partial charge is 0.496 e. The molecule has 29 heavy (non-hydrogen) atoms. The molecule has 0 fully saturated rings. The van der Waals surface area contributed by atoms with E-state index >= 15 is 0 Å². The van der Waals surface area contributed by atoms with Gasteiger partial charge >= 0.3 is 12.1 Å². The van der Waals surface area contributed by atoms with Gasteiger partial charge in [0.1, 0.15) is 12.4 Å². The van der Waals surface area contributed by atoms with E-state index in [0.29, 0.717) is 22.6 Å². The molecule has 5 nitrogen and oxygen atoms in total. The molecule has 0 saturated carbocycles. The van der Waals surface area contributed by atoms with Crippen LogP contribution in [0.3, 0.4) is 0 Å². The lowest BCUT2D eigenvalue weighted by Gasteiger charge is -2.32. The number of halogens is 3. The number of para-hydroxylation sites is 1. The number of methoxy groups -OCH3 is 1. The number of amides is 1. The first kappa shape index (κ1) is 19.0. The summed E-state index contributed by atoms with van der Waals surface area (Å²) < 4.78 is 49.1. The van der Waals surface area contributed by atoms with Gasteiger partial charge in [-0.3, -0.25) is 9.69 Å². The molecule has 2 aromatic rings. The number of rotatable bonds is 3. The highest BCUT2D eigenvalue weighted by Gasteiger charge is 2.44. The first-order valence-corrected chi connectivity index (χ1v) is 8.84. The lowest BCUT2D eigenvalue weighted by atomic mass is 9.83. The predicted octanol–water partition coefficient (Wildman–Crippen LogP) is 4.05. The second-order valence-electron chi connectivity index (χ2n) is 6.71. The molecule has 2 aliphatic rings. The van der Waals surface area contributed by atoms with E-state index in [1.807, 2.05) is 0 Å². The van der Waals surface area contributed by atoms with Crippen molar-refractivity contribution in [2.45, 2.75) is 18.5 Å². The van der Waals surface area contributed by atoms with Crippen LogP contribution >= 0.6 is 0 Å². The number of hydrogen-bond acceptors (Lipinski definition) is 4. The van der Waals surface area contributed by atoms with Crippen LogP contribution in [0.5, 0.6) is 5.75 Å². The zero-order chi connectivity index (χ0) is 20.8. The molecule has 1 atom stereocenters. The Balaban J connectivity index is 1.79. The molecule has 1 amide bonds. The number of anilines is 1. The average molecular weight is 403 g/mol. The summed E-state index contributed by atoms with van der Waals surface area (Å²) in [6.07, 6.45) is -4.51. The van der Waals surface area contributed by atoms with Crippen LogP contribution in [0, 0.1) is 0 Å². The Labute approximate surface area is 164 Å². The molecule has 0 unspecified atom stereocenters. The monoisotopic (exact) mass is 403 g/mol. The van der Waals surface area contributed by atoms with Gasteiger partial charge < -0.3 is 9.47 Å². The van der Waals surface area contributed by atoms with Crippen LogP contribution in [0.15, 0.2) is 59.8 Å². The van der Waals surface area contributed by atoms with Crippen molar-refractivity contribution in [3.63, 3.8) is 0 Å². The van der Waals surface area contributed by atoms with Gasteiger partial charge in [0, 0.05) is 23.6 Å². The predicted molar refractivity (Wildman–Crippen MR) is 97.3 cm³/mol. The Morgan fingerprint density at radius 1 is 1.07 bits per heavy atom. The third-order valence-corrected chi connectivity index (χ3v) is 5.08. The number of ether oxygens (including phenoxy) is 2. The summed E-state index contributed by atoms with van der Waals surface area (Å²) in [5.41, 5.74) is 0.801. The minimum Gasteiger partial charge on any atom is -0.496 e. The molecule has 0 saturated heterocycles. The molecule has 150 valence electrons. The summed E-state index contributed by atoms with van der Waals surface area (Å²) in [7, 11) is 1.50. The zero-order valence-corrected chi connectivity index (χ0v) is 15.3. The fraction of sp³-hybridized carbons (Fsp3) is 0.238. The summed E-state index contributed by atoms with van der Waals surface area (Å²) in [6.45, 7) is -0.118. The lowest BCUT2D eigenvalue weighted by molar-refractivity contribution is -0.138. The van der Waals surface area contributed by atoms with E-state index < -0.39 is 23.6 Å². The van der Waals surface area contributed by atoms with Crippen molar-refractivity contribution in [1.29, 1.82) is 0 Å². The quantitative estimate of drug-likeness (QED) is 0.726. The van der Waals surface area contributed by atoms with Crippen LogP contribution in [0.25, 0.3) is 0 Å². The van der Waals surface area contributed by atoms with Crippen LogP contribution < -0.4 is 9.64 Å². The highest BCUT2D eigenvalue weighted by atomic mass is 19.4. The number of carbonyl (C=O) groups is 2. The van der Waals surface area contributed by atoms with Crippen molar-refractivity contribution >= 4 is 17.6 Å². The number of benzene rings is 2. The van der Waals surface area contributed by atoms with Gasteiger partial charge in [-0.25, -0.2) is 4.79 Å². The molecule has 0 spiro atoms. The fourth-order valence-corrected chi connectivity index (χ4v) is 3.77. The summed E-state index contributed by atoms with van der Waals surface area (Å²) in [5, 5.41) is 0. The maximum absolute atomic E-state index is 13.0. The normalized spacial score (nSPS) is 19.3. The zero-order valence-electron chi connectivity index (χ0n) is 15.3. The Morgan fingerprint density at radius 3 is 2.41 bits per heavy atom. The molecular formula is C21H16F3NO4. The first-order valence-electron chi connectivity index (χ1n) is 8.84. The van der Waals surface area contributed by atoms with E-state index in [1.165, 1.54) is 24.1 Å². The number of nitrogens with zero attached hydrogens (tertiary/aromatic N) is 1. The first-order chi connectivity index (χ1) is 13.8. The lowest BCUT2D eigenvalue weighted by Crippen LogP contribution is -2.37. The van der Waals surface area contributed by atoms with E-state index in [2.05, 4.69) is 0 Å². The number of carbonyl (C=O) groups excluding carboxylic acids is 2. The standard InChI is InChI=1S/C21H16F3NO4/c1-28-17-5-3-2-4-14(17)15-10-18(26)25(16-11-29-20(27)19(15)16)13-8-6-12(7-9-13)21(22,23)24/h2-9,15H,10-11H2,1H3/t15-/m0/s1. The molecule has 8 heteroatoms. The molecule has 0 bridgehead atoms. The van der Waals surface area contributed by atoms with Gasteiger partial charge in [0.2, 0.25) is 5.91 Å². The van der Waals surface area contributed by atoms with Crippen LogP contribution in [0.1, 0.15) is 23.5 Å². The maximum atomic E-state index is 13.0. The number of esters is 1. The van der Waals surface area contributed by atoms with Crippen LogP contribution in [-0.4, -0.2) is 25.6 Å². The molecule has 0 aromatic heterocycles. The molecule has 0 aliphatic carbocycles. The van der Waals surface area contributed by atoms with E-state index in [0.717, 1.165) is 12.1 Å². The fourth-order valence-electron chi connectivity index (χ4n) is 3.77. The Bertz CT molecular complexity index is 1010. The molecular weight excluding hydrogens is 387 g/mol. The van der Waals surface area contributed by atoms with Gasteiger partial charge in [-0.1, -0.05) is 18.2 Å². The Kier molecular flexibility index (Phi) is 4.56. The molecule has 4 rings (SSSR count). The molecule has 0 N–H and O–H groups in total. The van der Waals surface area contributed by atoms with Crippen LogP contribution in [0.4, 0.5) is 18.9 Å². The Hall–Kier alpha value is -3.29. The second kappa shape index (κ2) is 6.95. The minimum atomic E-state index is -4.48. The minimum absolute atomic E-state index is 0.0324. The van der Waals surface area contributed by atoms with E-state index in [4.69, 9.17) is 9.47 Å². The average Bonchev–Trinajstić information content (AvgIpc) is 3.08. The van der Waals surface area contributed by atoms with Crippen molar-refractivity contribution < 1.29 is 32.2 Å². The van der Waals surface area contributed by atoms with Gasteiger partial charge in [0.15, 0.2) is 0 Å². The molecule has 2 aliphatic heterocycles. The van der Waals surface area contributed by atoms with E-state index in [9.17, 15) is 22.8 Å². The van der Waals surface area contributed by atoms with Crippen molar-refractivity contribution in [3.8, 4) is 5.75 Å². The molecule has 0 radical (unpaired) electrons. The summed E-state index contributed by atoms with van der Waals surface area (Å²) in [5.74, 6) is -0.882. The van der Waals surface area contributed by atoms with E-state index in [1.54, 1.807) is 24.3 Å². The molecule has 2 aromatic carbocycles. The van der Waals surface area contributed by atoms with Crippen molar-refractivity contribution in [1.82, 2.24) is 0 Å². The van der Waals surface area contributed by atoms with Gasteiger partial charge in [-0.15, -0.1) is 0 Å². The number of alkyl halides is 3. The highest BCUT2D eigenvalue weighted by molar-refractivity contribution is 6.06. The third-order valence-electron chi connectivity index (χ3n) is 5.08. The summed E-state index contributed by atoms with van der Waals surface area (Å²) in [6, 6.07) is 11.3. The SMILES string of the molecule is COc1ccccc1[C@@H]1CC(=O)N(c2ccc(C(F)(F)F)cc2)C2=C1C(=O)OC2. The Morgan fingerprint density at radius 2 is 1.76 bits per heavy atom. The van der Waals surface area contributed by atoms with Crippen LogP contribution in [0.2, 0.25) is 0 Å². The number of cyclic esters (lactones) is 1. The van der Waals surface area contributed by atoms with Crippen molar-refractivity contribution in [2.24, 2.45) is 0 Å². The molecule has 2 heterocycles. The van der Waals surface area contributed by atoms with Gasteiger partial charge in [0.05, 0.1) is 23.9 Å². The van der Waals surface area contributed by atoms with Gasteiger partial charge in [-0.2, -0.15) is 13.2 Å². The smallest absolute Gasteiger partial charge is 0.416 e. The highest BCUT2D eigenvalue weighted by Crippen LogP contribution is 2.44. The summed E-state index contributed by atoms with van der Waals surface area (Å²) >= 11 is 0. The van der Waals surface area contributed by atoms with Crippen molar-refractivity contribution in [2.75, 3.05) is 18.6 Å². The van der Waals surface area contributed by atoms with Crippen molar-refractivity contribution in [3.05, 3.63) is 70.9 Å².